The van der Waals surface area contributed by atoms with Crippen molar-refractivity contribution in [2.75, 3.05) is 27.2 Å². The Hall–Kier alpha value is 0.360. The highest BCUT2D eigenvalue weighted by Gasteiger charge is 2.38. The second-order valence-corrected chi connectivity index (χ2v) is 5.07. The summed E-state index contributed by atoms with van der Waals surface area (Å²) in [5, 5.41) is 0. The molecule has 13 heavy (non-hydrogen) atoms. The monoisotopic (exact) mass is 297 g/mol. The van der Waals surface area contributed by atoms with Crippen molar-refractivity contribution in [3.05, 3.63) is 0 Å². The predicted molar refractivity (Wildman–Crippen MR) is 49.8 cm³/mol. The van der Waals surface area contributed by atoms with Crippen molar-refractivity contribution in [2.24, 2.45) is 11.8 Å². The van der Waals surface area contributed by atoms with Crippen molar-refractivity contribution in [1.82, 2.24) is 0 Å². The molecule has 1 aliphatic rings. The first-order chi connectivity index (χ1) is 5.41. The van der Waals surface area contributed by atoms with Crippen molar-refractivity contribution in [2.45, 2.75) is 20.3 Å². The zero-order chi connectivity index (χ0) is 9.35. The first-order valence-electron chi connectivity index (χ1n) is 4.75. The third kappa shape index (κ3) is 3.94. The van der Waals surface area contributed by atoms with Gasteiger partial charge in [0, 0.05) is 0 Å². The van der Waals surface area contributed by atoms with Gasteiger partial charge in [-0.1, -0.05) is 13.8 Å². The van der Waals surface area contributed by atoms with Crippen LogP contribution in [0, 0.1) is 11.8 Å². The predicted octanol–water partition coefficient (Wildman–Crippen LogP) is -1.69. The van der Waals surface area contributed by atoms with Crippen molar-refractivity contribution < 1.29 is 33.3 Å². The Morgan fingerprint density at radius 3 is 2.31 bits per heavy atom. The lowest BCUT2D eigenvalue weighted by Gasteiger charge is -2.22. The van der Waals surface area contributed by atoms with Gasteiger partial charge >= 0.3 is 0 Å². The minimum Gasteiger partial charge on any atom is -1.00 e. The Morgan fingerprint density at radius 2 is 2.00 bits per heavy atom. The molecule has 3 heteroatoms. The summed E-state index contributed by atoms with van der Waals surface area (Å²) >= 11 is 0. The molecule has 0 radical (unpaired) electrons. The highest BCUT2D eigenvalue weighted by atomic mass is 127. The lowest BCUT2D eigenvalue weighted by atomic mass is 9.96. The van der Waals surface area contributed by atoms with Crippen molar-refractivity contribution in [1.29, 1.82) is 0 Å². The minimum absolute atomic E-state index is 0. The van der Waals surface area contributed by atoms with Crippen LogP contribution in [-0.4, -0.2) is 37.5 Å². The molecule has 0 aromatic heterocycles. The van der Waals surface area contributed by atoms with Gasteiger partial charge in [-0.3, -0.25) is 4.79 Å². The molecule has 0 amide bonds. The van der Waals surface area contributed by atoms with Crippen LogP contribution in [0.25, 0.3) is 0 Å². The van der Waals surface area contributed by atoms with E-state index in [0.717, 1.165) is 24.0 Å². The third-order valence-corrected chi connectivity index (χ3v) is 2.51. The van der Waals surface area contributed by atoms with Gasteiger partial charge in [-0.15, -0.1) is 0 Å². The first kappa shape index (κ1) is 13.4. The van der Waals surface area contributed by atoms with E-state index in [1.54, 1.807) is 0 Å². The topological polar surface area (TPSA) is 17.1 Å². The first-order valence-corrected chi connectivity index (χ1v) is 4.75. The van der Waals surface area contributed by atoms with Crippen LogP contribution in [0.2, 0.25) is 0 Å². The standard InChI is InChI=1S/C10H20NO.HI/c1-8(2)5-9-6-11(3,4)7-10(9)12;/h8-9H,5-7H2,1-4H3;1H/q+1;/p-1. The zero-order valence-corrected chi connectivity index (χ0v) is 11.2. The maximum atomic E-state index is 11.5. The van der Waals surface area contributed by atoms with Gasteiger partial charge in [0.05, 0.1) is 26.6 Å². The number of carbonyl (C=O) groups is 1. The van der Waals surface area contributed by atoms with Crippen LogP contribution in [0.4, 0.5) is 0 Å². The smallest absolute Gasteiger partial charge is 0.195 e. The molecular formula is C10H20INO. The van der Waals surface area contributed by atoms with Gasteiger partial charge in [0.1, 0.15) is 6.54 Å². The molecule has 0 bridgehead atoms. The van der Waals surface area contributed by atoms with Gasteiger partial charge in [-0.05, 0) is 12.3 Å². The molecule has 1 unspecified atom stereocenters. The normalized spacial score (nSPS) is 26.2. The maximum absolute atomic E-state index is 11.5. The van der Waals surface area contributed by atoms with E-state index >= 15 is 0 Å². The van der Waals surface area contributed by atoms with E-state index in [-0.39, 0.29) is 24.0 Å². The molecule has 78 valence electrons. The molecular weight excluding hydrogens is 277 g/mol. The molecule has 1 saturated heterocycles. The van der Waals surface area contributed by atoms with Crippen LogP contribution in [-0.2, 0) is 4.79 Å². The van der Waals surface area contributed by atoms with Gasteiger partial charge in [0.15, 0.2) is 5.78 Å². The van der Waals surface area contributed by atoms with Crippen molar-refractivity contribution in [3.63, 3.8) is 0 Å². The number of halogens is 1. The zero-order valence-electron chi connectivity index (χ0n) is 9.01. The molecule has 0 aliphatic carbocycles. The van der Waals surface area contributed by atoms with Gasteiger partial charge < -0.3 is 28.5 Å². The number of carbonyl (C=O) groups excluding carboxylic acids is 1. The number of likely N-dealkylation sites (tertiary alicyclic amines) is 1. The van der Waals surface area contributed by atoms with Gasteiger partial charge in [0.2, 0.25) is 0 Å². The average Bonchev–Trinajstić information content (AvgIpc) is 2.03. The van der Waals surface area contributed by atoms with E-state index in [9.17, 15) is 4.79 Å². The van der Waals surface area contributed by atoms with E-state index in [1.807, 2.05) is 0 Å². The average molecular weight is 297 g/mol. The molecule has 0 aromatic rings. The molecule has 2 nitrogen and oxygen atoms in total. The molecule has 0 spiro atoms. The lowest BCUT2D eigenvalue weighted by molar-refractivity contribution is -0.876. The number of quaternary nitrogens is 1. The van der Waals surface area contributed by atoms with E-state index in [1.165, 1.54) is 0 Å². The Bertz CT molecular complexity index is 189. The second-order valence-electron chi connectivity index (χ2n) is 5.07. The Morgan fingerprint density at radius 1 is 1.46 bits per heavy atom. The van der Waals surface area contributed by atoms with Gasteiger partial charge in [-0.2, -0.15) is 0 Å². The largest absolute Gasteiger partial charge is 1.00 e. The molecule has 0 N–H and O–H groups in total. The fraction of sp³-hybridized carbons (Fsp3) is 0.900. The van der Waals surface area contributed by atoms with Crippen LogP contribution in [0.15, 0.2) is 0 Å². The fourth-order valence-electron chi connectivity index (χ4n) is 2.09. The Balaban J connectivity index is 0.00000144. The van der Waals surface area contributed by atoms with Crippen LogP contribution < -0.4 is 24.0 Å². The number of hydrogen-bond acceptors (Lipinski definition) is 1. The molecule has 1 atom stereocenters. The summed E-state index contributed by atoms with van der Waals surface area (Å²) in [5.74, 6) is 1.45. The summed E-state index contributed by atoms with van der Waals surface area (Å²) in [6.45, 7) is 6.14. The lowest BCUT2D eigenvalue weighted by Crippen LogP contribution is -3.00. The summed E-state index contributed by atoms with van der Waals surface area (Å²) < 4.78 is 0.885. The molecule has 1 heterocycles. The van der Waals surface area contributed by atoms with E-state index < -0.39 is 0 Å². The summed E-state index contributed by atoms with van der Waals surface area (Å²) in [6, 6.07) is 0. The summed E-state index contributed by atoms with van der Waals surface area (Å²) in [5.41, 5.74) is 0. The summed E-state index contributed by atoms with van der Waals surface area (Å²) in [4.78, 5) is 11.5. The van der Waals surface area contributed by atoms with Crippen molar-refractivity contribution >= 4 is 5.78 Å². The Labute approximate surface area is 98.3 Å². The highest BCUT2D eigenvalue weighted by molar-refractivity contribution is 5.83. The summed E-state index contributed by atoms with van der Waals surface area (Å²) in [7, 11) is 4.27. The minimum atomic E-state index is 0. The summed E-state index contributed by atoms with van der Waals surface area (Å²) in [6.07, 6.45) is 1.07. The number of nitrogens with zero attached hydrogens (tertiary/aromatic N) is 1. The molecule has 1 fully saturated rings. The van der Waals surface area contributed by atoms with E-state index in [0.29, 0.717) is 17.6 Å². The number of likely N-dealkylation sites (N-methyl/N-ethyl adjacent to an activating group) is 1. The SMILES string of the molecule is CC(C)CC1C[N+](C)(C)CC1=O.[I-]. The van der Waals surface area contributed by atoms with Gasteiger partial charge in [0.25, 0.3) is 0 Å². The second kappa shape index (κ2) is 4.73. The van der Waals surface area contributed by atoms with Crippen LogP contribution in [0.3, 0.4) is 0 Å². The Kier molecular flexibility index (Phi) is 4.86. The van der Waals surface area contributed by atoms with E-state index in [2.05, 4.69) is 27.9 Å². The maximum Gasteiger partial charge on any atom is 0.195 e. The highest BCUT2D eigenvalue weighted by Crippen LogP contribution is 2.23. The molecule has 1 rings (SSSR count). The number of rotatable bonds is 2. The number of hydrogen-bond donors (Lipinski definition) is 0. The number of Topliss-reactive ketones (excluding diaryl/α,β-unsaturated/α-hetero) is 1. The van der Waals surface area contributed by atoms with Gasteiger partial charge in [-0.25, -0.2) is 0 Å². The third-order valence-electron chi connectivity index (χ3n) is 2.51. The quantitative estimate of drug-likeness (QED) is 0.439. The van der Waals surface area contributed by atoms with Crippen molar-refractivity contribution in [3.8, 4) is 0 Å². The number of ketones is 1. The van der Waals surface area contributed by atoms with Crippen LogP contribution in [0.5, 0.6) is 0 Å². The van der Waals surface area contributed by atoms with Crippen LogP contribution >= 0.6 is 0 Å². The van der Waals surface area contributed by atoms with Crippen LogP contribution in [0.1, 0.15) is 20.3 Å². The fourth-order valence-corrected chi connectivity index (χ4v) is 2.09. The molecule has 1 aliphatic heterocycles. The molecule has 0 aromatic carbocycles. The van der Waals surface area contributed by atoms with E-state index in [4.69, 9.17) is 0 Å². The molecule has 0 saturated carbocycles.